The molecule has 0 aliphatic carbocycles. The van der Waals surface area contributed by atoms with E-state index in [1.165, 1.54) is 0 Å². The van der Waals surface area contributed by atoms with Crippen LogP contribution in [-0.2, 0) is 11.3 Å². The minimum atomic E-state index is -1.04. The number of benzene rings is 1. The van der Waals surface area contributed by atoms with Crippen LogP contribution in [0.2, 0.25) is 0 Å². The summed E-state index contributed by atoms with van der Waals surface area (Å²) in [7, 11) is 0. The van der Waals surface area contributed by atoms with Crippen LogP contribution in [0.25, 0.3) is 21.9 Å². The lowest BCUT2D eigenvalue weighted by Crippen LogP contribution is -2.35. The number of amides is 1. The molecule has 1 atom stereocenters. The highest BCUT2D eigenvalue weighted by molar-refractivity contribution is 6.02. The van der Waals surface area contributed by atoms with E-state index in [0.717, 1.165) is 27.8 Å². The van der Waals surface area contributed by atoms with Crippen LogP contribution in [0, 0.1) is 0 Å². The molecule has 1 aliphatic rings. The van der Waals surface area contributed by atoms with E-state index in [2.05, 4.69) is 19.9 Å². The molecule has 7 heteroatoms. The molecule has 1 aliphatic heterocycles. The molecule has 0 spiro atoms. The van der Waals surface area contributed by atoms with Crippen LogP contribution in [0.3, 0.4) is 0 Å². The molecule has 0 saturated carbocycles. The lowest BCUT2D eigenvalue weighted by atomic mass is 10.1. The van der Waals surface area contributed by atoms with Crippen molar-refractivity contribution in [3.05, 3.63) is 36.3 Å². The van der Waals surface area contributed by atoms with Gasteiger partial charge in [0.05, 0.1) is 29.9 Å². The smallest absolute Gasteiger partial charge is 0.404 e. The average Bonchev–Trinajstić information content (AvgIpc) is 2.92. The van der Waals surface area contributed by atoms with Gasteiger partial charge in [-0.1, -0.05) is 18.2 Å². The van der Waals surface area contributed by atoms with E-state index in [1.807, 2.05) is 24.3 Å². The van der Waals surface area contributed by atoms with Crippen LogP contribution in [0.15, 0.2) is 30.5 Å². The summed E-state index contributed by atoms with van der Waals surface area (Å²) in [6.07, 6.45) is 0.716. The summed E-state index contributed by atoms with van der Waals surface area (Å²) in [5.74, 6) is 0.802. The van der Waals surface area contributed by atoms with E-state index in [0.29, 0.717) is 13.2 Å². The third-order valence-electron chi connectivity index (χ3n) is 3.89. The fraction of sp³-hybridized carbons (Fsp3) is 0.267. The molecular weight excluding hydrogens is 284 g/mol. The topological polar surface area (TPSA) is 89.3 Å². The maximum Gasteiger partial charge on any atom is 0.404 e. The average molecular weight is 298 g/mol. The maximum absolute atomic E-state index is 10.8. The summed E-state index contributed by atoms with van der Waals surface area (Å²) >= 11 is 0. The van der Waals surface area contributed by atoms with Gasteiger partial charge >= 0.3 is 6.09 Å². The Bertz CT molecular complexity index is 874. The highest BCUT2D eigenvalue weighted by atomic mass is 16.5. The van der Waals surface area contributed by atoms with E-state index < -0.39 is 6.09 Å². The molecular formula is C15H14N4O3. The van der Waals surface area contributed by atoms with Gasteiger partial charge in [0.2, 0.25) is 0 Å². The predicted molar refractivity (Wildman–Crippen MR) is 79.8 cm³/mol. The largest absolute Gasteiger partial charge is 0.465 e. The Morgan fingerprint density at radius 1 is 1.41 bits per heavy atom. The van der Waals surface area contributed by atoms with Gasteiger partial charge in [-0.3, -0.25) is 4.98 Å². The second kappa shape index (κ2) is 4.96. The molecule has 1 amide bonds. The number of carboxylic acid groups (broad SMARTS) is 1. The van der Waals surface area contributed by atoms with Crippen LogP contribution >= 0.6 is 0 Å². The predicted octanol–water partition coefficient (Wildman–Crippen LogP) is 1.92. The molecule has 0 radical (unpaired) electrons. The summed E-state index contributed by atoms with van der Waals surface area (Å²) in [6, 6.07) is 7.76. The maximum atomic E-state index is 10.8. The number of fused-ring (bicyclic) bond motifs is 5. The van der Waals surface area contributed by atoms with Crippen molar-refractivity contribution in [3.8, 4) is 0 Å². The van der Waals surface area contributed by atoms with Gasteiger partial charge < -0.3 is 19.7 Å². The number of hydrogen-bond donors (Lipinski definition) is 2. The SMILES string of the molecule is O=C(O)NC[C@H]1COCc2nc3cnc4ccccc4c3n21. The molecule has 22 heavy (non-hydrogen) atoms. The number of aromatic nitrogens is 3. The lowest BCUT2D eigenvalue weighted by molar-refractivity contribution is 0.0566. The molecule has 0 fully saturated rings. The third-order valence-corrected chi connectivity index (χ3v) is 3.89. The van der Waals surface area contributed by atoms with Crippen LogP contribution in [0.5, 0.6) is 0 Å². The van der Waals surface area contributed by atoms with E-state index in [9.17, 15) is 4.79 Å². The summed E-state index contributed by atoms with van der Waals surface area (Å²) in [6.45, 7) is 1.16. The van der Waals surface area contributed by atoms with Crippen LogP contribution in [0.1, 0.15) is 11.9 Å². The standard InChI is InChI=1S/C15H14N4O3/c20-15(21)17-5-9-7-22-8-13-18-12-6-16-11-4-2-1-3-10(11)14(12)19(9)13/h1-4,6,9,17H,5,7-8H2,(H,20,21)/t9-/m0/s1. The van der Waals surface area contributed by atoms with Crippen molar-refractivity contribution in [2.24, 2.45) is 0 Å². The van der Waals surface area contributed by atoms with Gasteiger partial charge in [-0.2, -0.15) is 0 Å². The molecule has 0 unspecified atom stereocenters. The van der Waals surface area contributed by atoms with Crippen molar-refractivity contribution >= 4 is 28.0 Å². The number of para-hydroxylation sites is 1. The molecule has 4 rings (SSSR count). The Balaban J connectivity index is 1.93. The second-order valence-electron chi connectivity index (χ2n) is 5.26. The summed E-state index contributed by atoms with van der Waals surface area (Å²) in [5, 5.41) is 12.3. The van der Waals surface area contributed by atoms with Gasteiger partial charge in [-0.05, 0) is 6.07 Å². The Morgan fingerprint density at radius 2 is 2.27 bits per heavy atom. The first kappa shape index (κ1) is 13.0. The molecule has 112 valence electrons. The molecule has 3 heterocycles. The van der Waals surface area contributed by atoms with Crippen molar-refractivity contribution in [1.82, 2.24) is 19.9 Å². The number of pyridine rings is 1. The van der Waals surface area contributed by atoms with E-state index >= 15 is 0 Å². The van der Waals surface area contributed by atoms with Crippen LogP contribution in [0.4, 0.5) is 4.79 Å². The molecule has 3 aromatic rings. The highest BCUT2D eigenvalue weighted by Crippen LogP contribution is 2.30. The number of nitrogens with one attached hydrogen (secondary N) is 1. The fourth-order valence-electron chi connectivity index (χ4n) is 2.98. The first-order chi connectivity index (χ1) is 10.7. The number of imidazole rings is 1. The summed E-state index contributed by atoms with van der Waals surface area (Å²) < 4.78 is 7.63. The molecule has 0 saturated heterocycles. The minimum Gasteiger partial charge on any atom is -0.465 e. The van der Waals surface area contributed by atoms with E-state index in [1.54, 1.807) is 6.20 Å². The molecule has 1 aromatic carbocycles. The molecule has 2 N–H and O–H groups in total. The highest BCUT2D eigenvalue weighted by Gasteiger charge is 2.25. The Labute approximate surface area is 125 Å². The summed E-state index contributed by atoms with van der Waals surface area (Å²) in [4.78, 5) is 19.8. The van der Waals surface area contributed by atoms with Crippen molar-refractivity contribution in [2.45, 2.75) is 12.6 Å². The van der Waals surface area contributed by atoms with Gasteiger partial charge in [0.15, 0.2) is 0 Å². The Kier molecular flexibility index (Phi) is 2.93. The summed E-state index contributed by atoms with van der Waals surface area (Å²) in [5.41, 5.74) is 2.69. The monoisotopic (exact) mass is 298 g/mol. The quantitative estimate of drug-likeness (QED) is 0.754. The van der Waals surface area contributed by atoms with Gasteiger partial charge in [-0.15, -0.1) is 0 Å². The number of nitrogens with zero attached hydrogens (tertiary/aromatic N) is 3. The number of hydrogen-bond acceptors (Lipinski definition) is 4. The number of rotatable bonds is 2. The molecule has 2 aromatic heterocycles. The van der Waals surface area contributed by atoms with Gasteiger partial charge in [-0.25, -0.2) is 9.78 Å². The van der Waals surface area contributed by atoms with E-state index in [4.69, 9.17) is 9.84 Å². The zero-order chi connectivity index (χ0) is 15.1. The van der Waals surface area contributed by atoms with Gasteiger partial charge in [0, 0.05) is 11.9 Å². The third kappa shape index (κ3) is 1.98. The fourth-order valence-corrected chi connectivity index (χ4v) is 2.98. The number of ether oxygens (including phenoxy) is 1. The van der Waals surface area contributed by atoms with Crippen LogP contribution < -0.4 is 5.32 Å². The molecule has 0 bridgehead atoms. The first-order valence-electron chi connectivity index (χ1n) is 7.03. The second-order valence-corrected chi connectivity index (χ2v) is 5.26. The van der Waals surface area contributed by atoms with Gasteiger partial charge in [0.25, 0.3) is 0 Å². The number of carbonyl (C=O) groups is 1. The zero-order valence-corrected chi connectivity index (χ0v) is 11.7. The zero-order valence-electron chi connectivity index (χ0n) is 11.7. The Morgan fingerprint density at radius 3 is 3.14 bits per heavy atom. The minimum absolute atomic E-state index is 0.115. The van der Waals surface area contributed by atoms with E-state index in [-0.39, 0.29) is 12.6 Å². The molecule has 7 nitrogen and oxygen atoms in total. The van der Waals surface area contributed by atoms with Crippen molar-refractivity contribution in [3.63, 3.8) is 0 Å². The van der Waals surface area contributed by atoms with Gasteiger partial charge in [0.1, 0.15) is 17.9 Å². The van der Waals surface area contributed by atoms with Crippen molar-refractivity contribution in [2.75, 3.05) is 13.2 Å². The lowest BCUT2D eigenvalue weighted by Gasteiger charge is -2.26. The first-order valence-corrected chi connectivity index (χ1v) is 7.03. The normalized spacial score (nSPS) is 17.5. The van der Waals surface area contributed by atoms with Crippen molar-refractivity contribution < 1.29 is 14.6 Å². The van der Waals surface area contributed by atoms with Crippen molar-refractivity contribution in [1.29, 1.82) is 0 Å². The van der Waals surface area contributed by atoms with Crippen LogP contribution in [-0.4, -0.2) is 38.9 Å². The Hall–Kier alpha value is -2.67.